The van der Waals surface area contributed by atoms with Gasteiger partial charge in [-0.15, -0.1) is 0 Å². The Morgan fingerprint density at radius 1 is 0.270 bits per heavy atom. The molecule has 2 aromatic carbocycles. The first-order valence-corrected chi connectivity index (χ1v) is 33.3. The van der Waals surface area contributed by atoms with Gasteiger partial charge in [-0.3, -0.25) is 9.98 Å². The predicted molar refractivity (Wildman–Crippen MR) is 337 cm³/mol. The SMILES string of the molecule is CCCCCCCCCCCCCCCCCCCC/C=C/CCc1ccccc1N=C(CCCC)C(CCCCCC)=Nc1ccccc1CC/C=C/CCCCCCCCCCCCCCCCCCCC. The molecule has 422 valence electrons. The van der Waals surface area contributed by atoms with Crippen molar-refractivity contribution >= 4 is 22.8 Å². The number of nitrogens with zero attached hydrogens (tertiary/aromatic N) is 2. The number of aliphatic imine (C=N–C) groups is 2. The second-order valence-corrected chi connectivity index (χ2v) is 22.9. The molecule has 0 aliphatic heterocycles. The van der Waals surface area contributed by atoms with E-state index in [4.69, 9.17) is 9.98 Å². The maximum Gasteiger partial charge on any atom is 0.0665 e. The molecule has 74 heavy (non-hydrogen) atoms. The van der Waals surface area contributed by atoms with E-state index in [2.05, 4.69) is 101 Å². The third-order valence-electron chi connectivity index (χ3n) is 15.8. The smallest absolute Gasteiger partial charge is 0.0665 e. The Labute approximate surface area is 463 Å². The number of unbranched alkanes of at least 4 members (excludes halogenated alkanes) is 40. The summed E-state index contributed by atoms with van der Waals surface area (Å²) in [6.45, 7) is 9.24. The molecule has 0 N–H and O–H groups in total. The Kier molecular flexibility index (Phi) is 48.8. The van der Waals surface area contributed by atoms with Gasteiger partial charge in [-0.05, 0) is 100 Å². The van der Waals surface area contributed by atoms with Gasteiger partial charge in [0.15, 0.2) is 0 Å². The monoisotopic (exact) mass is 1020 g/mol. The van der Waals surface area contributed by atoms with E-state index in [1.165, 1.54) is 292 Å². The van der Waals surface area contributed by atoms with E-state index in [0.717, 1.165) is 62.7 Å². The normalized spacial score (nSPS) is 12.4. The molecule has 0 heterocycles. The molecule has 0 saturated carbocycles. The van der Waals surface area contributed by atoms with Crippen LogP contribution >= 0.6 is 0 Å². The molecule has 0 amide bonds. The van der Waals surface area contributed by atoms with Crippen LogP contribution < -0.4 is 0 Å². The van der Waals surface area contributed by atoms with Crippen molar-refractivity contribution in [1.82, 2.24) is 0 Å². The Morgan fingerprint density at radius 3 is 0.824 bits per heavy atom. The van der Waals surface area contributed by atoms with E-state index in [9.17, 15) is 0 Å². The number of para-hydroxylation sites is 2. The highest BCUT2D eigenvalue weighted by atomic mass is 14.8. The molecule has 2 aromatic rings. The first kappa shape index (κ1) is 67.4. The lowest BCUT2D eigenvalue weighted by Crippen LogP contribution is -2.15. The molecule has 2 heteroatoms. The van der Waals surface area contributed by atoms with Crippen LogP contribution in [0.4, 0.5) is 11.4 Å². The molecule has 2 rings (SSSR count). The largest absolute Gasteiger partial charge is 0.251 e. The van der Waals surface area contributed by atoms with Crippen LogP contribution in [0.2, 0.25) is 0 Å². The van der Waals surface area contributed by atoms with E-state index in [-0.39, 0.29) is 0 Å². The number of benzene rings is 2. The quantitative estimate of drug-likeness (QED) is 0.0358. The van der Waals surface area contributed by atoms with Gasteiger partial charge in [0.25, 0.3) is 0 Å². The number of hydrogen-bond acceptors (Lipinski definition) is 2. The fraction of sp³-hybridized carbons (Fsp3) is 0.750. The Morgan fingerprint density at radius 2 is 0.514 bits per heavy atom. The summed E-state index contributed by atoms with van der Waals surface area (Å²) in [5.74, 6) is 0. The van der Waals surface area contributed by atoms with Crippen LogP contribution in [0.3, 0.4) is 0 Å². The van der Waals surface area contributed by atoms with Crippen LogP contribution in [0.5, 0.6) is 0 Å². The van der Waals surface area contributed by atoms with Crippen LogP contribution in [-0.2, 0) is 12.8 Å². The minimum atomic E-state index is 0.987. The lowest BCUT2D eigenvalue weighted by atomic mass is 10.0. The summed E-state index contributed by atoms with van der Waals surface area (Å²) in [4.78, 5) is 11.1. The number of rotatable bonds is 55. The standard InChI is InChI=1S/C72H124N2/c1-5-9-13-16-18-20-22-24-26-28-30-32-34-36-38-40-42-44-46-48-50-52-59-67-61-55-57-64-69(67)73-71(63-12-8-4)72(66-54-15-11-7-3)74-70-65-58-56-62-68(70)60-53-51-49-47-45-43-41-39-37-35-33-31-29-27-25-23-21-19-17-14-10-6-2/h48-51,55-58,61-62,64-65H,5-47,52-54,59-60,63,66H2,1-4H3/b50-48+,51-49+,73-71?,74-72?. The fourth-order valence-electron chi connectivity index (χ4n) is 10.8. The van der Waals surface area contributed by atoms with E-state index in [1.807, 2.05) is 0 Å². The molecule has 0 bridgehead atoms. The minimum absolute atomic E-state index is 0.987. The van der Waals surface area contributed by atoms with Crippen molar-refractivity contribution in [3.8, 4) is 0 Å². The van der Waals surface area contributed by atoms with Gasteiger partial charge in [0.1, 0.15) is 0 Å². The van der Waals surface area contributed by atoms with E-state index >= 15 is 0 Å². The highest BCUT2D eigenvalue weighted by molar-refractivity contribution is 6.43. The summed E-state index contributed by atoms with van der Waals surface area (Å²) >= 11 is 0. The molecule has 2 nitrogen and oxygen atoms in total. The Balaban J connectivity index is 1.77. The van der Waals surface area contributed by atoms with Gasteiger partial charge in [-0.2, -0.15) is 0 Å². The molecule has 0 aliphatic carbocycles. The molecular formula is C72H124N2. The van der Waals surface area contributed by atoms with Crippen molar-refractivity contribution in [2.75, 3.05) is 0 Å². The third kappa shape index (κ3) is 40.5. The molecule has 0 radical (unpaired) electrons. The zero-order valence-electron chi connectivity index (χ0n) is 50.2. The first-order valence-electron chi connectivity index (χ1n) is 33.3. The number of hydrogen-bond donors (Lipinski definition) is 0. The van der Waals surface area contributed by atoms with Crippen molar-refractivity contribution < 1.29 is 0 Å². The van der Waals surface area contributed by atoms with Gasteiger partial charge in [0.05, 0.1) is 22.8 Å². The maximum atomic E-state index is 5.55. The van der Waals surface area contributed by atoms with Crippen molar-refractivity contribution in [2.24, 2.45) is 9.98 Å². The van der Waals surface area contributed by atoms with Crippen LogP contribution in [0.15, 0.2) is 82.8 Å². The topological polar surface area (TPSA) is 24.7 Å². The molecule has 0 unspecified atom stereocenters. The fourth-order valence-corrected chi connectivity index (χ4v) is 10.8. The first-order chi connectivity index (χ1) is 36.7. The molecule has 0 atom stereocenters. The summed E-state index contributed by atoms with van der Waals surface area (Å²) < 4.78 is 0. The molecule has 0 saturated heterocycles. The zero-order chi connectivity index (χ0) is 52.7. The molecule has 0 fully saturated rings. The Hall–Kier alpha value is -2.74. The van der Waals surface area contributed by atoms with Gasteiger partial charge < -0.3 is 0 Å². The van der Waals surface area contributed by atoms with Crippen molar-refractivity contribution in [3.63, 3.8) is 0 Å². The third-order valence-corrected chi connectivity index (χ3v) is 15.8. The van der Waals surface area contributed by atoms with Gasteiger partial charge in [-0.1, -0.05) is 332 Å². The van der Waals surface area contributed by atoms with E-state index in [0.29, 0.717) is 0 Å². The number of allylic oxidation sites excluding steroid dienone is 4. The summed E-state index contributed by atoms with van der Waals surface area (Å²) in [7, 11) is 0. The van der Waals surface area contributed by atoms with Crippen molar-refractivity contribution in [2.45, 2.75) is 349 Å². The summed E-state index contributed by atoms with van der Waals surface area (Å²) in [6, 6.07) is 17.9. The summed E-state index contributed by atoms with van der Waals surface area (Å²) in [6.07, 6.45) is 77.3. The van der Waals surface area contributed by atoms with Crippen LogP contribution in [0.25, 0.3) is 0 Å². The van der Waals surface area contributed by atoms with Crippen molar-refractivity contribution in [3.05, 3.63) is 84.0 Å². The lowest BCUT2D eigenvalue weighted by Gasteiger charge is -2.14. The van der Waals surface area contributed by atoms with Gasteiger partial charge in [0.2, 0.25) is 0 Å². The van der Waals surface area contributed by atoms with Crippen LogP contribution in [0.1, 0.15) is 347 Å². The zero-order valence-corrected chi connectivity index (χ0v) is 50.2. The average Bonchev–Trinajstić information content (AvgIpc) is 3.42. The predicted octanol–water partition coefficient (Wildman–Crippen LogP) is 25.5. The molecule has 0 spiro atoms. The van der Waals surface area contributed by atoms with Gasteiger partial charge in [-0.25, -0.2) is 0 Å². The second kappa shape index (κ2) is 53.6. The van der Waals surface area contributed by atoms with E-state index in [1.54, 1.807) is 0 Å². The van der Waals surface area contributed by atoms with E-state index < -0.39 is 0 Å². The van der Waals surface area contributed by atoms with Crippen LogP contribution in [0, 0.1) is 0 Å². The highest BCUT2D eigenvalue weighted by Gasteiger charge is 2.13. The summed E-state index contributed by atoms with van der Waals surface area (Å²) in [5, 5.41) is 0. The lowest BCUT2D eigenvalue weighted by molar-refractivity contribution is 0.525. The molecule has 0 aliphatic rings. The van der Waals surface area contributed by atoms with Gasteiger partial charge in [0, 0.05) is 0 Å². The van der Waals surface area contributed by atoms with Crippen molar-refractivity contribution in [1.29, 1.82) is 0 Å². The molecular weight excluding hydrogens is 893 g/mol. The second-order valence-electron chi connectivity index (χ2n) is 22.9. The molecule has 0 aromatic heterocycles. The van der Waals surface area contributed by atoms with Gasteiger partial charge >= 0.3 is 0 Å². The minimum Gasteiger partial charge on any atom is -0.251 e. The highest BCUT2D eigenvalue weighted by Crippen LogP contribution is 2.27. The maximum absolute atomic E-state index is 5.55. The number of aryl methyl sites for hydroxylation is 2. The average molecular weight is 1020 g/mol. The van der Waals surface area contributed by atoms with Crippen LogP contribution in [-0.4, -0.2) is 11.4 Å². The Bertz CT molecular complexity index is 1610. The summed E-state index contributed by atoms with van der Waals surface area (Å²) in [5.41, 5.74) is 7.44.